The molecule has 0 aliphatic heterocycles. The number of hydrogen-bond acceptors (Lipinski definition) is 2. The number of hydrogen-bond donors (Lipinski definition) is 0. The van der Waals surface area contributed by atoms with Gasteiger partial charge in [0.1, 0.15) is 0 Å². The average Bonchev–Trinajstić information content (AvgIpc) is 2.03. The lowest BCUT2D eigenvalue weighted by atomic mass is 9.94. The van der Waals surface area contributed by atoms with E-state index in [4.69, 9.17) is 11.6 Å². The van der Waals surface area contributed by atoms with E-state index >= 15 is 0 Å². The molecule has 0 unspecified atom stereocenters. The van der Waals surface area contributed by atoms with Crippen molar-refractivity contribution in [1.29, 1.82) is 0 Å². The summed E-state index contributed by atoms with van der Waals surface area (Å²) >= 11 is 5.82. The van der Waals surface area contributed by atoms with E-state index in [1.807, 2.05) is 12.2 Å². The second-order valence-electron chi connectivity index (χ2n) is 2.64. The Morgan fingerprint density at radius 2 is 2.45 bits per heavy atom. The maximum atomic E-state index is 11.0. The van der Waals surface area contributed by atoms with Gasteiger partial charge in [0.2, 0.25) is 0 Å². The fraction of sp³-hybridized carbons (Fsp3) is 0.625. The molecule has 0 amide bonds. The van der Waals surface area contributed by atoms with Crippen molar-refractivity contribution < 1.29 is 9.53 Å². The smallest absolute Gasteiger partial charge is 0.309 e. The topological polar surface area (TPSA) is 26.3 Å². The highest BCUT2D eigenvalue weighted by atomic mass is 35.5. The molecule has 0 aromatic carbocycles. The Morgan fingerprint density at radius 1 is 1.73 bits per heavy atom. The molecule has 0 bridgehead atoms. The lowest BCUT2D eigenvalue weighted by Crippen LogP contribution is -2.21. The number of carbonyl (C=O) groups excluding carboxylic acids is 1. The zero-order chi connectivity index (χ0) is 8.27. The molecule has 0 saturated carbocycles. The summed E-state index contributed by atoms with van der Waals surface area (Å²) in [6.45, 7) is 0. The maximum Gasteiger partial charge on any atom is 0.309 e. The predicted molar refractivity (Wildman–Crippen MR) is 43.5 cm³/mol. The Balaban J connectivity index is 2.49. The van der Waals surface area contributed by atoms with E-state index in [0.29, 0.717) is 6.42 Å². The van der Waals surface area contributed by atoms with E-state index in [0.717, 1.165) is 6.42 Å². The molecule has 0 aromatic rings. The summed E-state index contributed by atoms with van der Waals surface area (Å²) in [6, 6.07) is 0. The standard InChI is InChI=1S/C8H11ClO2/c1-11-8(10)6-3-2-4-7(9)5-6/h2,4,6-7H,3,5H2,1H3/t6-,7-/m0/s1. The molecular weight excluding hydrogens is 164 g/mol. The van der Waals surface area contributed by atoms with Gasteiger partial charge >= 0.3 is 5.97 Å². The molecule has 0 N–H and O–H groups in total. The molecule has 0 heterocycles. The molecule has 0 fully saturated rings. The summed E-state index contributed by atoms with van der Waals surface area (Å²) in [4.78, 5) is 11.0. The van der Waals surface area contributed by atoms with Gasteiger partial charge in [-0.1, -0.05) is 12.2 Å². The average molecular weight is 175 g/mol. The van der Waals surface area contributed by atoms with Gasteiger partial charge in [0.05, 0.1) is 18.4 Å². The first-order chi connectivity index (χ1) is 5.24. The zero-order valence-electron chi connectivity index (χ0n) is 6.42. The normalized spacial score (nSPS) is 30.0. The number of carbonyl (C=O) groups is 1. The van der Waals surface area contributed by atoms with Crippen LogP contribution >= 0.6 is 11.6 Å². The molecule has 3 heteroatoms. The molecule has 1 aliphatic rings. The number of methoxy groups -OCH3 is 1. The number of halogens is 1. The second-order valence-corrected chi connectivity index (χ2v) is 3.20. The van der Waals surface area contributed by atoms with Gasteiger partial charge < -0.3 is 4.74 Å². The van der Waals surface area contributed by atoms with Crippen molar-refractivity contribution in [3.8, 4) is 0 Å². The van der Waals surface area contributed by atoms with Gasteiger partial charge in [-0.3, -0.25) is 4.79 Å². The van der Waals surface area contributed by atoms with Crippen LogP contribution in [0.3, 0.4) is 0 Å². The third-order valence-corrected chi connectivity index (χ3v) is 2.13. The molecule has 62 valence electrons. The third-order valence-electron chi connectivity index (χ3n) is 1.81. The Kier molecular flexibility index (Phi) is 2.94. The number of ether oxygens (including phenoxy) is 1. The first-order valence-corrected chi connectivity index (χ1v) is 4.06. The van der Waals surface area contributed by atoms with Crippen LogP contribution in [0.5, 0.6) is 0 Å². The van der Waals surface area contributed by atoms with Gasteiger partial charge in [0.15, 0.2) is 0 Å². The van der Waals surface area contributed by atoms with Crippen LogP contribution in [0.15, 0.2) is 12.2 Å². The Labute approximate surface area is 71.2 Å². The predicted octanol–water partition coefficient (Wildman–Crippen LogP) is 1.73. The fourth-order valence-electron chi connectivity index (χ4n) is 1.20. The van der Waals surface area contributed by atoms with Crippen molar-refractivity contribution in [3.63, 3.8) is 0 Å². The summed E-state index contributed by atoms with van der Waals surface area (Å²) in [6.07, 6.45) is 5.31. The summed E-state index contributed by atoms with van der Waals surface area (Å²) < 4.78 is 4.61. The Morgan fingerprint density at radius 3 is 3.00 bits per heavy atom. The zero-order valence-corrected chi connectivity index (χ0v) is 7.17. The van der Waals surface area contributed by atoms with Crippen molar-refractivity contribution in [2.45, 2.75) is 18.2 Å². The Hall–Kier alpha value is -0.500. The SMILES string of the molecule is COC(=O)[C@H]1CC=C[C@H](Cl)C1. The minimum atomic E-state index is -0.153. The summed E-state index contributed by atoms with van der Waals surface area (Å²) in [5.41, 5.74) is 0. The molecule has 0 radical (unpaired) electrons. The van der Waals surface area contributed by atoms with Gasteiger partial charge in [0, 0.05) is 0 Å². The van der Waals surface area contributed by atoms with Crippen LogP contribution in [0.2, 0.25) is 0 Å². The van der Waals surface area contributed by atoms with E-state index in [1.54, 1.807) is 0 Å². The quantitative estimate of drug-likeness (QED) is 0.344. The van der Waals surface area contributed by atoms with E-state index in [-0.39, 0.29) is 17.3 Å². The summed E-state index contributed by atoms with van der Waals surface area (Å²) in [5.74, 6) is -0.188. The highest BCUT2D eigenvalue weighted by Gasteiger charge is 2.23. The minimum Gasteiger partial charge on any atom is -0.469 e. The van der Waals surface area contributed by atoms with Crippen LogP contribution in [0.25, 0.3) is 0 Å². The van der Waals surface area contributed by atoms with Crippen molar-refractivity contribution in [1.82, 2.24) is 0 Å². The number of esters is 1. The molecule has 11 heavy (non-hydrogen) atoms. The monoisotopic (exact) mass is 174 g/mol. The van der Waals surface area contributed by atoms with E-state index in [9.17, 15) is 4.79 Å². The van der Waals surface area contributed by atoms with Crippen molar-refractivity contribution in [2.75, 3.05) is 7.11 Å². The van der Waals surface area contributed by atoms with Gasteiger partial charge in [-0.25, -0.2) is 0 Å². The molecule has 0 saturated heterocycles. The molecule has 1 rings (SSSR count). The van der Waals surface area contributed by atoms with Gasteiger partial charge in [-0.2, -0.15) is 0 Å². The van der Waals surface area contributed by atoms with Gasteiger partial charge in [-0.15, -0.1) is 11.6 Å². The van der Waals surface area contributed by atoms with E-state index < -0.39 is 0 Å². The molecular formula is C8H11ClO2. The first kappa shape index (κ1) is 8.60. The van der Waals surface area contributed by atoms with Crippen molar-refractivity contribution in [2.24, 2.45) is 5.92 Å². The first-order valence-electron chi connectivity index (χ1n) is 3.62. The molecule has 1 aliphatic carbocycles. The highest BCUT2D eigenvalue weighted by Crippen LogP contribution is 2.22. The van der Waals surface area contributed by atoms with Crippen LogP contribution in [0.4, 0.5) is 0 Å². The highest BCUT2D eigenvalue weighted by molar-refractivity contribution is 6.22. The lowest BCUT2D eigenvalue weighted by molar-refractivity contribution is -0.145. The van der Waals surface area contributed by atoms with Gasteiger partial charge in [-0.05, 0) is 12.8 Å². The maximum absolute atomic E-state index is 11.0. The second kappa shape index (κ2) is 3.77. The van der Waals surface area contributed by atoms with E-state index in [2.05, 4.69) is 4.74 Å². The number of rotatable bonds is 1. The molecule has 0 aromatic heterocycles. The number of alkyl halides is 1. The fourth-order valence-corrected chi connectivity index (χ4v) is 1.51. The molecule has 2 nitrogen and oxygen atoms in total. The van der Waals surface area contributed by atoms with Crippen LogP contribution < -0.4 is 0 Å². The molecule has 0 spiro atoms. The van der Waals surface area contributed by atoms with Crippen LogP contribution in [0.1, 0.15) is 12.8 Å². The number of allylic oxidation sites excluding steroid dienone is 2. The van der Waals surface area contributed by atoms with E-state index in [1.165, 1.54) is 7.11 Å². The third kappa shape index (κ3) is 2.22. The lowest BCUT2D eigenvalue weighted by Gasteiger charge is -2.18. The summed E-state index contributed by atoms with van der Waals surface area (Å²) in [5, 5.41) is -0.00662. The summed E-state index contributed by atoms with van der Waals surface area (Å²) in [7, 11) is 1.41. The van der Waals surface area contributed by atoms with Crippen molar-refractivity contribution in [3.05, 3.63) is 12.2 Å². The largest absolute Gasteiger partial charge is 0.469 e. The van der Waals surface area contributed by atoms with Crippen LogP contribution in [-0.2, 0) is 9.53 Å². The molecule has 2 atom stereocenters. The van der Waals surface area contributed by atoms with Crippen LogP contribution in [-0.4, -0.2) is 18.5 Å². The Bertz CT molecular complexity index is 177. The van der Waals surface area contributed by atoms with Gasteiger partial charge in [0.25, 0.3) is 0 Å². The van der Waals surface area contributed by atoms with Crippen LogP contribution in [0, 0.1) is 5.92 Å². The minimum absolute atomic E-state index is 0.00662. The van der Waals surface area contributed by atoms with Crippen molar-refractivity contribution >= 4 is 17.6 Å².